The third-order valence-electron chi connectivity index (χ3n) is 2.92. The van der Waals surface area contributed by atoms with Gasteiger partial charge in [-0.15, -0.1) is 0 Å². The molecule has 0 bridgehead atoms. The summed E-state index contributed by atoms with van der Waals surface area (Å²) in [7, 11) is 4.24. The Hall–Kier alpha value is -0.570. The van der Waals surface area contributed by atoms with Gasteiger partial charge in [-0.25, -0.2) is 0 Å². The summed E-state index contributed by atoms with van der Waals surface area (Å²) in [6.07, 6.45) is 0. The van der Waals surface area contributed by atoms with Crippen LogP contribution in [0.3, 0.4) is 0 Å². The monoisotopic (exact) mass is 244 g/mol. The number of rotatable bonds is 4. The summed E-state index contributed by atoms with van der Waals surface area (Å²) in [6.45, 7) is 14.2. The highest BCUT2D eigenvalue weighted by molar-refractivity contribution is 5.71. The molecule has 0 rings (SSSR count). The van der Waals surface area contributed by atoms with Gasteiger partial charge in [0, 0.05) is 5.41 Å². The quantitative estimate of drug-likeness (QED) is 0.772. The first-order valence-corrected chi connectivity index (χ1v) is 6.29. The molecule has 1 N–H and O–H groups in total. The largest absolute Gasteiger partial charge is 0.481 e. The summed E-state index contributed by atoms with van der Waals surface area (Å²) in [5.41, 5.74) is 0.0175. The maximum Gasteiger partial charge on any atom is 0.312 e. The number of nitrogens with zero attached hydrogens (tertiary/aromatic N) is 1. The van der Waals surface area contributed by atoms with Crippen molar-refractivity contribution in [2.75, 3.05) is 27.2 Å². The van der Waals surface area contributed by atoms with E-state index in [-0.39, 0.29) is 16.7 Å². The van der Waals surface area contributed by atoms with Crippen molar-refractivity contribution in [2.24, 2.45) is 16.7 Å². The third kappa shape index (κ3) is 6.67. The van der Waals surface area contributed by atoms with E-state index >= 15 is 0 Å². The lowest BCUT2D eigenvalue weighted by atomic mass is 9.79. The lowest BCUT2D eigenvalue weighted by molar-refractivity contribution is -0.899. The van der Waals surface area contributed by atoms with Crippen LogP contribution in [0.2, 0.25) is 0 Å². The zero-order valence-electron chi connectivity index (χ0n) is 12.8. The van der Waals surface area contributed by atoms with Crippen molar-refractivity contribution in [3.8, 4) is 0 Å². The highest BCUT2D eigenvalue weighted by atomic mass is 16.4. The molecule has 0 heterocycles. The fourth-order valence-corrected chi connectivity index (χ4v) is 2.57. The molecule has 3 nitrogen and oxygen atoms in total. The van der Waals surface area contributed by atoms with Gasteiger partial charge in [-0.2, -0.15) is 0 Å². The Morgan fingerprint density at radius 2 is 1.53 bits per heavy atom. The molecule has 0 aliphatic rings. The Labute approximate surface area is 106 Å². The van der Waals surface area contributed by atoms with Gasteiger partial charge in [0.15, 0.2) is 0 Å². The first-order valence-electron chi connectivity index (χ1n) is 6.29. The lowest BCUT2D eigenvalue weighted by Gasteiger charge is -2.40. The Bertz CT molecular complexity index is 269. The molecule has 1 atom stereocenters. The summed E-state index contributed by atoms with van der Waals surface area (Å²) < 4.78 is 0.748. The van der Waals surface area contributed by atoms with Crippen molar-refractivity contribution in [2.45, 2.75) is 41.5 Å². The van der Waals surface area contributed by atoms with Crippen LogP contribution in [-0.4, -0.2) is 42.7 Å². The van der Waals surface area contributed by atoms with Gasteiger partial charge in [0.25, 0.3) is 0 Å². The topological polar surface area (TPSA) is 37.3 Å². The number of hydrogen-bond acceptors (Lipinski definition) is 1. The number of carboxylic acids is 1. The van der Waals surface area contributed by atoms with Crippen LogP contribution in [0.25, 0.3) is 0 Å². The highest BCUT2D eigenvalue weighted by Gasteiger charge is 2.38. The van der Waals surface area contributed by atoms with E-state index in [9.17, 15) is 9.90 Å². The second kappa shape index (κ2) is 4.97. The van der Waals surface area contributed by atoms with Gasteiger partial charge in [0.2, 0.25) is 0 Å². The van der Waals surface area contributed by atoms with Crippen LogP contribution in [0.5, 0.6) is 0 Å². The predicted octanol–water partition coefficient (Wildman–Crippen LogP) is 2.86. The molecular formula is C14H30NO2+. The summed E-state index contributed by atoms with van der Waals surface area (Å²) >= 11 is 0. The summed E-state index contributed by atoms with van der Waals surface area (Å²) in [5.74, 6) is -0.988. The predicted molar refractivity (Wildman–Crippen MR) is 71.9 cm³/mol. The average molecular weight is 244 g/mol. The van der Waals surface area contributed by atoms with Crippen LogP contribution in [0.4, 0.5) is 0 Å². The second-order valence-corrected chi connectivity index (χ2v) is 8.09. The Kier molecular flexibility index (Phi) is 4.80. The van der Waals surface area contributed by atoms with Crippen molar-refractivity contribution >= 4 is 5.97 Å². The first-order chi connectivity index (χ1) is 7.25. The molecule has 0 aromatic heterocycles. The SMILES string of the molecule is CC(C)(C)C[N+](C)(C)CC(C(=O)O)C(C)(C)C. The van der Waals surface area contributed by atoms with Crippen molar-refractivity contribution in [3.05, 3.63) is 0 Å². The Morgan fingerprint density at radius 1 is 1.12 bits per heavy atom. The molecule has 1 unspecified atom stereocenters. The number of quaternary nitrogens is 1. The maximum absolute atomic E-state index is 11.4. The van der Waals surface area contributed by atoms with Crippen LogP contribution >= 0.6 is 0 Å². The standard InChI is InChI=1S/C14H29NO2/c1-13(2,3)10-15(7,8)9-11(12(16)17)14(4,5)6/h11H,9-10H2,1-8H3/p+1. The zero-order chi connectivity index (χ0) is 14.1. The van der Waals surface area contributed by atoms with Crippen molar-refractivity contribution in [1.29, 1.82) is 0 Å². The molecule has 0 aliphatic carbocycles. The summed E-state index contributed by atoms with van der Waals surface area (Å²) in [4.78, 5) is 11.4. The smallest absolute Gasteiger partial charge is 0.312 e. The number of aliphatic carboxylic acids is 1. The number of carboxylic acid groups (broad SMARTS) is 1. The molecule has 0 spiro atoms. The van der Waals surface area contributed by atoms with Crippen LogP contribution in [0.15, 0.2) is 0 Å². The van der Waals surface area contributed by atoms with E-state index in [1.807, 2.05) is 20.8 Å². The van der Waals surface area contributed by atoms with Gasteiger partial charge in [-0.05, 0) is 5.41 Å². The number of hydrogen-bond donors (Lipinski definition) is 1. The molecule has 0 aliphatic heterocycles. The summed E-state index contributed by atoms with van der Waals surface area (Å²) in [5, 5.41) is 9.36. The molecule has 0 aromatic rings. The van der Waals surface area contributed by atoms with Gasteiger partial charge in [0.05, 0.1) is 27.2 Å². The molecule has 0 aromatic carbocycles. The van der Waals surface area contributed by atoms with Crippen molar-refractivity contribution in [3.63, 3.8) is 0 Å². The lowest BCUT2D eigenvalue weighted by Crippen LogP contribution is -2.52. The van der Waals surface area contributed by atoms with E-state index in [2.05, 4.69) is 34.9 Å². The van der Waals surface area contributed by atoms with E-state index in [4.69, 9.17) is 0 Å². The minimum absolute atomic E-state index is 0.195. The first kappa shape index (κ1) is 16.4. The molecule has 0 fully saturated rings. The van der Waals surface area contributed by atoms with Crippen molar-refractivity contribution < 1.29 is 14.4 Å². The van der Waals surface area contributed by atoms with E-state index < -0.39 is 5.97 Å². The molecule has 17 heavy (non-hydrogen) atoms. The fourth-order valence-electron chi connectivity index (χ4n) is 2.57. The minimum atomic E-state index is -0.683. The molecule has 0 saturated carbocycles. The van der Waals surface area contributed by atoms with E-state index in [0.29, 0.717) is 6.54 Å². The van der Waals surface area contributed by atoms with Crippen LogP contribution < -0.4 is 0 Å². The minimum Gasteiger partial charge on any atom is -0.481 e. The molecule has 3 heteroatoms. The van der Waals surface area contributed by atoms with Gasteiger partial charge in [-0.1, -0.05) is 41.5 Å². The molecule has 0 radical (unpaired) electrons. The number of carbonyl (C=O) groups is 1. The van der Waals surface area contributed by atoms with Crippen LogP contribution in [0.1, 0.15) is 41.5 Å². The van der Waals surface area contributed by atoms with Gasteiger partial charge in [0.1, 0.15) is 5.92 Å². The maximum atomic E-state index is 11.4. The van der Waals surface area contributed by atoms with E-state index in [1.165, 1.54) is 0 Å². The molecular weight excluding hydrogens is 214 g/mol. The van der Waals surface area contributed by atoms with Gasteiger partial charge in [-0.3, -0.25) is 4.79 Å². The summed E-state index contributed by atoms with van der Waals surface area (Å²) in [6, 6.07) is 0. The van der Waals surface area contributed by atoms with Crippen LogP contribution in [-0.2, 0) is 4.79 Å². The Balaban J connectivity index is 4.83. The van der Waals surface area contributed by atoms with Gasteiger partial charge >= 0.3 is 5.97 Å². The second-order valence-electron chi connectivity index (χ2n) is 8.09. The molecule has 0 amide bonds. The van der Waals surface area contributed by atoms with Crippen molar-refractivity contribution in [1.82, 2.24) is 0 Å². The Morgan fingerprint density at radius 3 is 1.76 bits per heavy atom. The third-order valence-corrected chi connectivity index (χ3v) is 2.92. The highest BCUT2D eigenvalue weighted by Crippen LogP contribution is 2.29. The van der Waals surface area contributed by atoms with Gasteiger partial charge < -0.3 is 9.59 Å². The normalized spacial score (nSPS) is 15.8. The molecule has 0 saturated heterocycles. The zero-order valence-corrected chi connectivity index (χ0v) is 12.8. The van der Waals surface area contributed by atoms with E-state index in [1.54, 1.807) is 0 Å². The molecule has 102 valence electrons. The van der Waals surface area contributed by atoms with Crippen LogP contribution in [0, 0.1) is 16.7 Å². The fraction of sp³-hybridized carbons (Fsp3) is 0.929. The van der Waals surface area contributed by atoms with E-state index in [0.717, 1.165) is 11.0 Å². The average Bonchev–Trinajstić information content (AvgIpc) is 1.92.